The van der Waals surface area contributed by atoms with Gasteiger partial charge in [-0.15, -0.1) is 0 Å². The average Bonchev–Trinajstić information content (AvgIpc) is 2.27. The van der Waals surface area contributed by atoms with Crippen molar-refractivity contribution < 1.29 is 4.74 Å². The van der Waals surface area contributed by atoms with Crippen molar-refractivity contribution in [1.29, 1.82) is 0 Å². The van der Waals surface area contributed by atoms with Crippen LogP contribution < -0.4 is 10.1 Å². The molecule has 0 radical (unpaired) electrons. The number of anilines is 1. The Labute approximate surface area is 104 Å². The number of aryl methyl sites for hydroxylation is 1. The van der Waals surface area contributed by atoms with E-state index in [0.717, 1.165) is 30.1 Å². The normalized spacial score (nSPS) is 12.6. The number of pyridine rings is 1. The molecule has 0 saturated carbocycles. The standard InChI is InChI=1S/C13H23N3O/c1-10(6-7-16(3)4)15-12-8-11(2)14-9-13(12)17-5/h8-10H,6-7H2,1-5H3,(H,14,15). The first-order chi connectivity index (χ1) is 8.02. The van der Waals surface area contributed by atoms with Crippen LogP contribution in [0.25, 0.3) is 0 Å². The van der Waals surface area contributed by atoms with Crippen LogP contribution in [0.1, 0.15) is 19.0 Å². The molecule has 4 nitrogen and oxygen atoms in total. The van der Waals surface area contributed by atoms with Crippen LogP contribution in [0, 0.1) is 6.92 Å². The van der Waals surface area contributed by atoms with E-state index in [-0.39, 0.29) is 0 Å². The first kappa shape index (κ1) is 13.8. The largest absolute Gasteiger partial charge is 0.493 e. The Morgan fingerprint density at radius 2 is 2.18 bits per heavy atom. The minimum Gasteiger partial charge on any atom is -0.493 e. The second-order valence-electron chi connectivity index (χ2n) is 4.66. The van der Waals surface area contributed by atoms with E-state index in [1.54, 1.807) is 13.3 Å². The van der Waals surface area contributed by atoms with E-state index in [2.05, 4.69) is 36.2 Å². The maximum Gasteiger partial charge on any atom is 0.160 e. The smallest absolute Gasteiger partial charge is 0.160 e. The van der Waals surface area contributed by atoms with E-state index in [4.69, 9.17) is 4.74 Å². The number of nitrogens with zero attached hydrogens (tertiary/aromatic N) is 2. The van der Waals surface area contributed by atoms with Gasteiger partial charge in [-0.05, 0) is 47.0 Å². The maximum absolute atomic E-state index is 5.29. The van der Waals surface area contributed by atoms with Gasteiger partial charge in [0.2, 0.25) is 0 Å². The molecule has 1 heterocycles. The lowest BCUT2D eigenvalue weighted by Crippen LogP contribution is -2.23. The quantitative estimate of drug-likeness (QED) is 0.822. The van der Waals surface area contributed by atoms with Crippen LogP contribution in [0.5, 0.6) is 5.75 Å². The highest BCUT2D eigenvalue weighted by Crippen LogP contribution is 2.24. The van der Waals surface area contributed by atoms with Gasteiger partial charge in [-0.2, -0.15) is 0 Å². The Balaban J connectivity index is 2.63. The van der Waals surface area contributed by atoms with Crippen LogP contribution in [0.4, 0.5) is 5.69 Å². The number of hydrogen-bond acceptors (Lipinski definition) is 4. The zero-order valence-electron chi connectivity index (χ0n) is 11.4. The zero-order chi connectivity index (χ0) is 12.8. The van der Waals surface area contributed by atoms with E-state index in [0.29, 0.717) is 6.04 Å². The number of nitrogens with one attached hydrogen (secondary N) is 1. The molecule has 4 heteroatoms. The number of rotatable bonds is 6. The molecule has 1 N–H and O–H groups in total. The number of ether oxygens (including phenoxy) is 1. The van der Waals surface area contributed by atoms with Gasteiger partial charge in [0, 0.05) is 11.7 Å². The number of aromatic nitrogens is 1. The van der Waals surface area contributed by atoms with Gasteiger partial charge in [0.25, 0.3) is 0 Å². The first-order valence-electron chi connectivity index (χ1n) is 5.95. The van der Waals surface area contributed by atoms with E-state index in [1.807, 2.05) is 13.0 Å². The van der Waals surface area contributed by atoms with Crippen molar-refractivity contribution in [3.8, 4) is 5.75 Å². The Bertz CT molecular complexity index is 353. The lowest BCUT2D eigenvalue weighted by molar-refractivity contribution is 0.389. The molecular formula is C13H23N3O. The molecule has 1 rings (SSSR count). The molecule has 0 bridgehead atoms. The third-order valence-corrected chi connectivity index (χ3v) is 2.64. The van der Waals surface area contributed by atoms with Crippen molar-refractivity contribution in [2.75, 3.05) is 33.1 Å². The summed E-state index contributed by atoms with van der Waals surface area (Å²) in [6.07, 6.45) is 2.86. The van der Waals surface area contributed by atoms with Crippen molar-refractivity contribution in [2.24, 2.45) is 0 Å². The molecule has 1 unspecified atom stereocenters. The van der Waals surface area contributed by atoms with E-state index < -0.39 is 0 Å². The molecule has 0 spiro atoms. The van der Waals surface area contributed by atoms with E-state index in [1.165, 1.54) is 0 Å². The van der Waals surface area contributed by atoms with Crippen LogP contribution in [0.3, 0.4) is 0 Å². The summed E-state index contributed by atoms with van der Waals surface area (Å²) in [5.41, 5.74) is 2.01. The van der Waals surface area contributed by atoms with Crippen LogP contribution in [-0.2, 0) is 0 Å². The van der Waals surface area contributed by atoms with Crippen molar-refractivity contribution in [3.05, 3.63) is 18.0 Å². The molecule has 0 aromatic carbocycles. The SMILES string of the molecule is COc1cnc(C)cc1NC(C)CCN(C)C. The number of methoxy groups -OCH3 is 1. The third kappa shape index (κ3) is 4.61. The molecule has 1 atom stereocenters. The Morgan fingerprint density at radius 3 is 2.76 bits per heavy atom. The van der Waals surface area contributed by atoms with Crippen molar-refractivity contribution >= 4 is 5.69 Å². The number of hydrogen-bond donors (Lipinski definition) is 1. The van der Waals surface area contributed by atoms with Gasteiger partial charge < -0.3 is 15.0 Å². The van der Waals surface area contributed by atoms with Gasteiger partial charge >= 0.3 is 0 Å². The molecule has 0 amide bonds. The molecular weight excluding hydrogens is 214 g/mol. The van der Waals surface area contributed by atoms with Crippen LogP contribution in [-0.4, -0.2) is 43.7 Å². The molecule has 0 saturated heterocycles. The van der Waals surface area contributed by atoms with Gasteiger partial charge in [-0.25, -0.2) is 0 Å². The summed E-state index contributed by atoms with van der Waals surface area (Å²) >= 11 is 0. The minimum absolute atomic E-state index is 0.410. The van der Waals surface area contributed by atoms with E-state index >= 15 is 0 Å². The third-order valence-electron chi connectivity index (χ3n) is 2.64. The summed E-state index contributed by atoms with van der Waals surface area (Å²) in [4.78, 5) is 6.41. The van der Waals surface area contributed by atoms with Crippen molar-refractivity contribution in [1.82, 2.24) is 9.88 Å². The molecule has 0 aliphatic rings. The topological polar surface area (TPSA) is 37.4 Å². The van der Waals surface area contributed by atoms with Crippen LogP contribution in [0.2, 0.25) is 0 Å². The predicted molar refractivity (Wildman–Crippen MR) is 71.8 cm³/mol. The van der Waals surface area contributed by atoms with Gasteiger partial charge in [0.05, 0.1) is 19.0 Å². The molecule has 0 aliphatic carbocycles. The molecule has 96 valence electrons. The summed E-state index contributed by atoms with van der Waals surface area (Å²) in [6.45, 7) is 5.23. The molecule has 0 aliphatic heterocycles. The fraction of sp³-hybridized carbons (Fsp3) is 0.615. The van der Waals surface area contributed by atoms with Crippen LogP contribution >= 0.6 is 0 Å². The van der Waals surface area contributed by atoms with Gasteiger partial charge in [0.15, 0.2) is 5.75 Å². The van der Waals surface area contributed by atoms with E-state index in [9.17, 15) is 0 Å². The lowest BCUT2D eigenvalue weighted by Gasteiger charge is -2.19. The fourth-order valence-corrected chi connectivity index (χ4v) is 1.61. The summed E-state index contributed by atoms with van der Waals surface area (Å²) in [6, 6.07) is 2.43. The predicted octanol–water partition coefficient (Wildman–Crippen LogP) is 2.15. The Kier molecular flexibility index (Phi) is 5.22. The van der Waals surface area contributed by atoms with Gasteiger partial charge in [0.1, 0.15) is 0 Å². The highest BCUT2D eigenvalue weighted by molar-refractivity contribution is 5.56. The summed E-state index contributed by atoms with van der Waals surface area (Å²) in [5, 5.41) is 3.47. The summed E-state index contributed by atoms with van der Waals surface area (Å²) in [5.74, 6) is 0.798. The Hall–Kier alpha value is -1.29. The molecule has 17 heavy (non-hydrogen) atoms. The summed E-state index contributed by atoms with van der Waals surface area (Å²) in [7, 11) is 5.84. The van der Waals surface area contributed by atoms with Gasteiger partial charge in [-0.1, -0.05) is 0 Å². The maximum atomic E-state index is 5.29. The molecule has 1 aromatic heterocycles. The lowest BCUT2D eigenvalue weighted by atomic mass is 10.2. The molecule has 1 aromatic rings. The minimum atomic E-state index is 0.410. The Morgan fingerprint density at radius 1 is 1.47 bits per heavy atom. The molecule has 0 fully saturated rings. The summed E-state index contributed by atoms with van der Waals surface area (Å²) < 4.78 is 5.29. The first-order valence-corrected chi connectivity index (χ1v) is 5.95. The second-order valence-corrected chi connectivity index (χ2v) is 4.66. The average molecular weight is 237 g/mol. The zero-order valence-corrected chi connectivity index (χ0v) is 11.4. The van der Waals surface area contributed by atoms with Crippen LogP contribution in [0.15, 0.2) is 12.3 Å². The van der Waals surface area contributed by atoms with Crippen molar-refractivity contribution in [2.45, 2.75) is 26.3 Å². The highest BCUT2D eigenvalue weighted by atomic mass is 16.5. The van der Waals surface area contributed by atoms with Gasteiger partial charge in [-0.3, -0.25) is 4.98 Å². The fourth-order valence-electron chi connectivity index (χ4n) is 1.61. The highest BCUT2D eigenvalue weighted by Gasteiger charge is 2.08. The second kappa shape index (κ2) is 6.45. The monoisotopic (exact) mass is 237 g/mol. The van der Waals surface area contributed by atoms with Crippen molar-refractivity contribution in [3.63, 3.8) is 0 Å².